The van der Waals surface area contributed by atoms with E-state index in [1.165, 1.54) is 47.6 Å². The van der Waals surface area contributed by atoms with Crippen molar-refractivity contribution < 1.29 is 51.0 Å². The van der Waals surface area contributed by atoms with E-state index in [2.05, 4.69) is 125 Å². The first-order valence-electron chi connectivity index (χ1n) is 10.7. The van der Waals surface area contributed by atoms with Crippen molar-refractivity contribution in [1.82, 2.24) is 0 Å². The average Bonchev–Trinajstić information content (AvgIpc) is 3.47. The van der Waals surface area contributed by atoms with Crippen molar-refractivity contribution in [2.24, 2.45) is 0 Å². The summed E-state index contributed by atoms with van der Waals surface area (Å²) in [6.45, 7) is 0. The minimum Gasteiger partial charge on any atom is -1.00 e. The molecule has 5 aromatic carbocycles. The maximum atomic E-state index is 3.49. The van der Waals surface area contributed by atoms with Crippen LogP contribution in [0, 0.1) is 6.08 Å². The molecule has 0 radical (unpaired) electrons. The summed E-state index contributed by atoms with van der Waals surface area (Å²) in [6, 6.07) is 36.9. The number of hydrogen-bond donors (Lipinski definition) is 0. The molecule has 2 heterocycles. The van der Waals surface area contributed by atoms with Gasteiger partial charge in [-0.1, -0.05) is 117 Å². The summed E-state index contributed by atoms with van der Waals surface area (Å²) < 4.78 is 3.80. The van der Waals surface area contributed by atoms with Gasteiger partial charge >= 0.3 is 26.2 Å². The van der Waals surface area contributed by atoms with E-state index < -0.39 is 0 Å². The minimum absolute atomic E-state index is 0. The van der Waals surface area contributed by atoms with Crippen LogP contribution in [0.1, 0.15) is 22.6 Å². The minimum atomic E-state index is 0. The van der Waals surface area contributed by atoms with E-state index in [1.807, 2.05) is 17.4 Å². The van der Waals surface area contributed by atoms with Crippen LogP contribution in [-0.4, -0.2) is 0 Å². The van der Waals surface area contributed by atoms with Gasteiger partial charge in [0, 0.05) is 9.17 Å². The van der Waals surface area contributed by atoms with E-state index in [0.29, 0.717) is 5.92 Å². The summed E-state index contributed by atoms with van der Waals surface area (Å²) in [5.74, 6) is 0.296. The fraction of sp³-hybridized carbons (Fsp3) is 0.0333. The number of allylic oxidation sites excluding steroid dienone is 1. The van der Waals surface area contributed by atoms with Crippen LogP contribution < -0.4 is 24.8 Å². The Labute approximate surface area is 249 Å². The molecule has 0 saturated heterocycles. The summed E-state index contributed by atoms with van der Waals surface area (Å²) in [5.41, 5.74) is 3.91. The van der Waals surface area contributed by atoms with Crippen molar-refractivity contribution in [1.29, 1.82) is 0 Å². The molecule has 1 unspecified atom stereocenters. The molecule has 7 aromatic rings. The van der Waals surface area contributed by atoms with Crippen LogP contribution in [0.3, 0.4) is 0 Å². The summed E-state index contributed by atoms with van der Waals surface area (Å²) in [6.07, 6.45) is 5.50. The largest absolute Gasteiger partial charge is 4.00 e. The molecule has 5 heteroatoms. The summed E-state index contributed by atoms with van der Waals surface area (Å²) in [7, 11) is 0. The van der Waals surface area contributed by atoms with Gasteiger partial charge in [0.25, 0.3) is 0 Å². The number of fused-ring (bicyclic) bond motifs is 3. The van der Waals surface area contributed by atoms with Gasteiger partial charge in [-0.05, 0) is 4.70 Å². The zero-order valence-electron chi connectivity index (χ0n) is 18.5. The summed E-state index contributed by atoms with van der Waals surface area (Å²) >= 11 is 5.34. The van der Waals surface area contributed by atoms with Crippen LogP contribution >= 0.6 is 27.3 Å². The van der Waals surface area contributed by atoms with Crippen molar-refractivity contribution in [3.63, 3.8) is 0 Å². The smallest absolute Gasteiger partial charge is 1.00 e. The molecule has 1 atom stereocenters. The molecule has 0 amide bonds. The van der Waals surface area contributed by atoms with Gasteiger partial charge in [0.2, 0.25) is 0 Å². The maximum absolute atomic E-state index is 3.49. The Morgan fingerprint density at radius 3 is 2.31 bits per heavy atom. The number of rotatable bonds is 1. The Morgan fingerprint density at radius 1 is 0.771 bits per heavy atom. The molecule has 1 aliphatic carbocycles. The Bertz CT molecular complexity index is 1580. The molecule has 170 valence electrons. The SMILES string of the molecule is Brc1ccc2c(c1)C=[C-]C2c1ccccc1.[Cl-].[Cl-].[Zr+4].c1cc2[cH-]c3cc2c(c1)sc1ccc3cc1. The molecular formula is C30H19BrCl2SZr. The first kappa shape index (κ1) is 28.0. The molecule has 8 rings (SSSR count). The van der Waals surface area contributed by atoms with Gasteiger partial charge in [-0.15, -0.1) is 51.9 Å². The van der Waals surface area contributed by atoms with Crippen LogP contribution in [0.25, 0.3) is 37.0 Å². The molecule has 35 heavy (non-hydrogen) atoms. The van der Waals surface area contributed by atoms with Gasteiger partial charge in [0.15, 0.2) is 0 Å². The monoisotopic (exact) mass is 650 g/mol. The molecule has 4 bridgehead atoms. The van der Waals surface area contributed by atoms with Crippen molar-refractivity contribution in [2.45, 2.75) is 5.92 Å². The standard InChI is InChI=1S/C15H10Br.C15H9S.2ClH.Zr/c16-13-7-9-15-12(10-13)6-8-14(15)11-4-2-1-3-5-11;1-2-11-8-12-9-14(11)15(3-1)16-13-6-4-10(12)5-7-13;;;/h1-7,9-10,14H;1-9H;2*1H;/q2*-1;;;+4/p-2. The predicted molar refractivity (Wildman–Crippen MR) is 143 cm³/mol. The second kappa shape index (κ2) is 12.1. The number of halogens is 3. The van der Waals surface area contributed by atoms with Crippen molar-refractivity contribution in [3.8, 4) is 0 Å². The van der Waals surface area contributed by atoms with Gasteiger partial charge in [0.05, 0.1) is 0 Å². The van der Waals surface area contributed by atoms with Gasteiger partial charge in [-0.25, -0.2) is 6.08 Å². The zero-order valence-corrected chi connectivity index (χ0v) is 24.9. The van der Waals surface area contributed by atoms with Gasteiger partial charge in [0.1, 0.15) is 0 Å². The Kier molecular flexibility index (Phi) is 9.66. The molecule has 1 aliphatic rings. The topological polar surface area (TPSA) is 0 Å². The quantitative estimate of drug-likeness (QED) is 0.239. The molecule has 0 aliphatic heterocycles. The fourth-order valence-corrected chi connectivity index (χ4v) is 5.76. The van der Waals surface area contributed by atoms with Crippen LogP contribution in [0.4, 0.5) is 0 Å². The van der Waals surface area contributed by atoms with Crippen LogP contribution in [0.5, 0.6) is 0 Å². The van der Waals surface area contributed by atoms with E-state index in [1.54, 1.807) is 0 Å². The third-order valence-electron chi connectivity index (χ3n) is 6.02. The number of hydrogen-bond acceptors (Lipinski definition) is 1. The Morgan fingerprint density at radius 2 is 1.54 bits per heavy atom. The summed E-state index contributed by atoms with van der Waals surface area (Å²) in [4.78, 5) is 0. The van der Waals surface area contributed by atoms with E-state index in [9.17, 15) is 0 Å². The maximum Gasteiger partial charge on any atom is 4.00 e. The Balaban J connectivity index is 0.000000180. The van der Waals surface area contributed by atoms with Crippen LogP contribution in [0.15, 0.2) is 108 Å². The van der Waals surface area contributed by atoms with Crippen molar-refractivity contribution in [2.75, 3.05) is 0 Å². The number of benzene rings is 4. The van der Waals surface area contributed by atoms with Crippen LogP contribution in [-0.2, 0) is 26.2 Å². The first-order valence-corrected chi connectivity index (χ1v) is 12.3. The third kappa shape index (κ3) is 5.71. The first-order chi connectivity index (χ1) is 15.7. The van der Waals surface area contributed by atoms with E-state index >= 15 is 0 Å². The Hall–Kier alpha value is -1.61. The summed E-state index contributed by atoms with van der Waals surface area (Å²) in [5, 5.41) is 5.37. The molecule has 0 fully saturated rings. The van der Waals surface area contributed by atoms with Gasteiger partial charge < -0.3 is 24.8 Å². The molecular weight excluding hydrogens is 634 g/mol. The third-order valence-corrected chi connectivity index (χ3v) is 7.60. The van der Waals surface area contributed by atoms with E-state index in [-0.39, 0.29) is 51.0 Å². The molecule has 0 saturated carbocycles. The second-order valence-electron chi connectivity index (χ2n) is 8.06. The van der Waals surface area contributed by atoms with Crippen molar-refractivity contribution in [3.05, 3.63) is 130 Å². The zero-order chi connectivity index (χ0) is 21.5. The molecule has 0 spiro atoms. The predicted octanol–water partition coefficient (Wildman–Crippen LogP) is 3.34. The fourth-order valence-electron chi connectivity index (χ4n) is 4.42. The van der Waals surface area contributed by atoms with Crippen LogP contribution in [0.2, 0.25) is 0 Å². The van der Waals surface area contributed by atoms with E-state index in [4.69, 9.17) is 0 Å². The molecule has 0 N–H and O–H groups in total. The van der Waals surface area contributed by atoms with Gasteiger partial charge in [-0.3, -0.25) is 6.08 Å². The molecule has 2 aromatic heterocycles. The average molecular weight is 654 g/mol. The molecule has 0 nitrogen and oxygen atoms in total. The van der Waals surface area contributed by atoms with Gasteiger partial charge in [-0.2, -0.15) is 5.56 Å². The van der Waals surface area contributed by atoms with E-state index in [0.717, 1.165) is 4.47 Å². The van der Waals surface area contributed by atoms with Crippen molar-refractivity contribution >= 4 is 64.3 Å². The second-order valence-corrected chi connectivity index (χ2v) is 10.1. The normalized spacial score (nSPS) is 13.3.